The van der Waals surface area contributed by atoms with Gasteiger partial charge in [0, 0.05) is 11.8 Å². The first-order valence-electron chi connectivity index (χ1n) is 5.37. The molecule has 16 heavy (non-hydrogen) atoms. The van der Waals surface area contributed by atoms with Crippen LogP contribution in [-0.2, 0) is 6.54 Å². The van der Waals surface area contributed by atoms with Crippen molar-refractivity contribution in [2.75, 3.05) is 12.0 Å². The van der Waals surface area contributed by atoms with Gasteiger partial charge in [0.05, 0.1) is 11.0 Å². The summed E-state index contributed by atoms with van der Waals surface area (Å²) in [7, 11) is 0. The molecule has 86 valence electrons. The minimum absolute atomic E-state index is 0.541. The van der Waals surface area contributed by atoms with Gasteiger partial charge in [-0.2, -0.15) is 11.8 Å². The van der Waals surface area contributed by atoms with Crippen molar-refractivity contribution in [1.82, 2.24) is 9.55 Å². The van der Waals surface area contributed by atoms with Crippen LogP contribution in [0.25, 0.3) is 11.0 Å². The molecule has 1 heterocycles. The van der Waals surface area contributed by atoms with Crippen LogP contribution in [0.15, 0.2) is 18.2 Å². The Balaban J connectivity index is 2.54. The second-order valence-electron chi connectivity index (χ2n) is 4.07. The van der Waals surface area contributed by atoms with Gasteiger partial charge in [0.25, 0.3) is 0 Å². The maximum Gasteiger partial charge on any atom is 0.201 e. The molecule has 0 aliphatic rings. The highest BCUT2D eigenvalue weighted by atomic mass is 32.2. The van der Waals surface area contributed by atoms with Crippen LogP contribution in [0.4, 0.5) is 5.95 Å². The molecule has 1 aromatic heterocycles. The first-order chi connectivity index (χ1) is 7.63. The van der Waals surface area contributed by atoms with E-state index in [2.05, 4.69) is 35.7 Å². The van der Waals surface area contributed by atoms with Crippen LogP contribution in [0.3, 0.4) is 0 Å². The van der Waals surface area contributed by atoms with Crippen molar-refractivity contribution >= 4 is 28.7 Å². The summed E-state index contributed by atoms with van der Waals surface area (Å²) >= 11 is 1.84. The van der Waals surface area contributed by atoms with Crippen molar-refractivity contribution in [2.24, 2.45) is 0 Å². The minimum atomic E-state index is 0.541. The number of imidazole rings is 1. The van der Waals surface area contributed by atoms with Crippen LogP contribution in [0.1, 0.15) is 12.5 Å². The summed E-state index contributed by atoms with van der Waals surface area (Å²) in [6.07, 6.45) is 2.12. The van der Waals surface area contributed by atoms with E-state index in [9.17, 15) is 0 Å². The Bertz CT molecular complexity index is 504. The molecule has 1 aromatic carbocycles. The number of anilines is 1. The van der Waals surface area contributed by atoms with Crippen molar-refractivity contribution in [3.63, 3.8) is 0 Å². The van der Waals surface area contributed by atoms with E-state index < -0.39 is 0 Å². The molecule has 2 N–H and O–H groups in total. The van der Waals surface area contributed by atoms with E-state index in [1.54, 1.807) is 0 Å². The zero-order valence-electron chi connectivity index (χ0n) is 9.90. The van der Waals surface area contributed by atoms with Crippen molar-refractivity contribution in [3.05, 3.63) is 23.8 Å². The highest BCUT2D eigenvalue weighted by Crippen LogP contribution is 2.23. The first kappa shape index (κ1) is 11.3. The number of fused-ring (bicyclic) bond motifs is 1. The number of rotatable bonds is 3. The number of nitrogen functional groups attached to an aromatic ring is 1. The first-order valence-corrected chi connectivity index (χ1v) is 6.66. The summed E-state index contributed by atoms with van der Waals surface area (Å²) < 4.78 is 2.12. The molecule has 2 aromatic rings. The van der Waals surface area contributed by atoms with Gasteiger partial charge >= 0.3 is 0 Å². The predicted octanol–water partition coefficient (Wildman–Crippen LogP) is 2.68. The maximum absolute atomic E-state index is 5.97. The molecule has 0 aliphatic heterocycles. The molecule has 0 amide bonds. The van der Waals surface area contributed by atoms with E-state index in [-0.39, 0.29) is 0 Å². The molecule has 2 rings (SSSR count). The average Bonchev–Trinajstić information content (AvgIpc) is 2.56. The van der Waals surface area contributed by atoms with Crippen LogP contribution in [-0.4, -0.2) is 21.1 Å². The fourth-order valence-electron chi connectivity index (χ4n) is 1.90. The quantitative estimate of drug-likeness (QED) is 0.889. The third-order valence-corrected chi connectivity index (χ3v) is 3.79. The van der Waals surface area contributed by atoms with Crippen molar-refractivity contribution in [1.29, 1.82) is 0 Å². The van der Waals surface area contributed by atoms with E-state index in [1.807, 2.05) is 23.9 Å². The normalized spacial score (nSPS) is 13.2. The zero-order chi connectivity index (χ0) is 11.7. The van der Waals surface area contributed by atoms with Gasteiger partial charge in [-0.3, -0.25) is 0 Å². The summed E-state index contributed by atoms with van der Waals surface area (Å²) in [5.74, 6) is 0.616. The van der Waals surface area contributed by atoms with Gasteiger partial charge in [-0.15, -0.1) is 0 Å². The Kier molecular flexibility index (Phi) is 3.10. The monoisotopic (exact) mass is 235 g/mol. The summed E-state index contributed by atoms with van der Waals surface area (Å²) in [5, 5.41) is 0.541. The maximum atomic E-state index is 5.97. The van der Waals surface area contributed by atoms with E-state index in [1.165, 1.54) is 11.1 Å². The van der Waals surface area contributed by atoms with Gasteiger partial charge in [-0.1, -0.05) is 19.1 Å². The number of aromatic nitrogens is 2. The molecular weight excluding hydrogens is 218 g/mol. The smallest absolute Gasteiger partial charge is 0.201 e. The molecule has 0 bridgehead atoms. The number of benzene rings is 1. The molecule has 0 radical (unpaired) electrons. The molecule has 1 unspecified atom stereocenters. The van der Waals surface area contributed by atoms with Crippen molar-refractivity contribution in [2.45, 2.75) is 25.6 Å². The van der Waals surface area contributed by atoms with Crippen LogP contribution < -0.4 is 5.73 Å². The molecule has 1 atom stereocenters. The number of nitrogens with zero attached hydrogens (tertiary/aromatic N) is 2. The van der Waals surface area contributed by atoms with E-state index in [0.29, 0.717) is 11.2 Å². The fourth-order valence-corrected chi connectivity index (χ4v) is 2.20. The van der Waals surface area contributed by atoms with E-state index in [0.717, 1.165) is 12.1 Å². The van der Waals surface area contributed by atoms with Gasteiger partial charge < -0.3 is 10.3 Å². The lowest BCUT2D eigenvalue weighted by molar-refractivity contribution is 0.720. The standard InChI is InChI=1S/C12H17N3S/c1-8-5-4-6-10-11(8)15(12(13)14-10)7-9(2)16-3/h4-6,9H,7H2,1-3H3,(H2,13,14). The lowest BCUT2D eigenvalue weighted by Crippen LogP contribution is -2.11. The lowest BCUT2D eigenvalue weighted by Gasteiger charge is -2.12. The third-order valence-electron chi connectivity index (χ3n) is 2.84. The minimum Gasteiger partial charge on any atom is -0.369 e. The fraction of sp³-hybridized carbons (Fsp3) is 0.417. The summed E-state index contributed by atoms with van der Waals surface area (Å²) in [4.78, 5) is 4.39. The molecule has 0 spiro atoms. The Labute approximate surface area is 100 Å². The van der Waals surface area contributed by atoms with Crippen LogP contribution in [0.2, 0.25) is 0 Å². The number of aryl methyl sites for hydroxylation is 1. The lowest BCUT2D eigenvalue weighted by atomic mass is 10.2. The van der Waals surface area contributed by atoms with Crippen LogP contribution in [0.5, 0.6) is 0 Å². The second-order valence-corrected chi connectivity index (χ2v) is 5.35. The van der Waals surface area contributed by atoms with E-state index in [4.69, 9.17) is 5.73 Å². The average molecular weight is 235 g/mol. The van der Waals surface area contributed by atoms with Gasteiger partial charge in [0.2, 0.25) is 5.95 Å². The highest BCUT2D eigenvalue weighted by molar-refractivity contribution is 7.99. The number of thioether (sulfide) groups is 1. The van der Waals surface area contributed by atoms with Gasteiger partial charge in [-0.25, -0.2) is 4.98 Å². The molecular formula is C12H17N3S. The second kappa shape index (κ2) is 4.37. The predicted molar refractivity (Wildman–Crippen MR) is 71.9 cm³/mol. The number of hydrogen-bond donors (Lipinski definition) is 1. The summed E-state index contributed by atoms with van der Waals surface area (Å²) in [6.45, 7) is 5.21. The van der Waals surface area contributed by atoms with Gasteiger partial charge in [-0.05, 0) is 24.8 Å². The summed E-state index contributed by atoms with van der Waals surface area (Å²) in [5.41, 5.74) is 9.36. The SMILES string of the molecule is CSC(C)Cn1c(N)nc2cccc(C)c21. The van der Waals surface area contributed by atoms with Gasteiger partial charge in [0.15, 0.2) is 0 Å². The van der Waals surface area contributed by atoms with Gasteiger partial charge in [0.1, 0.15) is 0 Å². The van der Waals surface area contributed by atoms with E-state index >= 15 is 0 Å². The molecule has 4 heteroatoms. The third kappa shape index (κ3) is 1.89. The molecule has 0 saturated carbocycles. The van der Waals surface area contributed by atoms with Crippen molar-refractivity contribution < 1.29 is 0 Å². The van der Waals surface area contributed by atoms with Crippen molar-refractivity contribution in [3.8, 4) is 0 Å². The Morgan fingerprint density at radius 1 is 1.50 bits per heavy atom. The largest absolute Gasteiger partial charge is 0.369 e. The Hall–Kier alpha value is -1.16. The highest BCUT2D eigenvalue weighted by Gasteiger charge is 2.11. The Morgan fingerprint density at radius 3 is 2.94 bits per heavy atom. The van der Waals surface area contributed by atoms with Crippen LogP contribution >= 0.6 is 11.8 Å². The number of nitrogens with two attached hydrogens (primary N) is 1. The number of hydrogen-bond acceptors (Lipinski definition) is 3. The Morgan fingerprint density at radius 2 is 2.25 bits per heavy atom. The summed E-state index contributed by atoms with van der Waals surface area (Å²) in [6, 6.07) is 6.13. The molecule has 0 aliphatic carbocycles. The number of para-hydroxylation sites is 1. The topological polar surface area (TPSA) is 43.8 Å². The zero-order valence-corrected chi connectivity index (χ0v) is 10.7. The van der Waals surface area contributed by atoms with Crippen LogP contribution in [0, 0.1) is 6.92 Å². The molecule has 0 fully saturated rings. The molecule has 3 nitrogen and oxygen atoms in total. The molecule has 0 saturated heterocycles.